The van der Waals surface area contributed by atoms with Gasteiger partial charge in [-0.25, -0.2) is 4.79 Å². The van der Waals surface area contributed by atoms with Crippen LogP contribution in [0.25, 0.3) is 0 Å². The van der Waals surface area contributed by atoms with E-state index < -0.39 is 18.2 Å². The standard InChI is InChI=1S/C14H14O5/c15-12-6-9-10(18-12)7-11(13(9)16)19-14(17)8-4-2-1-3-5-8/h1-5,9-11,13,16H,6-7H2/t9-,10-,11-,13-/m1/s1. The number of carbonyl (C=O) groups is 2. The summed E-state index contributed by atoms with van der Waals surface area (Å²) in [6.45, 7) is 0. The second-order valence-electron chi connectivity index (χ2n) is 4.93. The van der Waals surface area contributed by atoms with Crippen molar-refractivity contribution in [3.8, 4) is 0 Å². The molecule has 5 nitrogen and oxygen atoms in total. The maximum Gasteiger partial charge on any atom is 0.338 e. The molecule has 0 bridgehead atoms. The molecular formula is C14H14O5. The Bertz CT molecular complexity index is 498. The quantitative estimate of drug-likeness (QED) is 0.802. The van der Waals surface area contributed by atoms with Gasteiger partial charge < -0.3 is 14.6 Å². The molecule has 1 aromatic rings. The highest BCUT2D eigenvalue weighted by molar-refractivity contribution is 5.89. The first-order valence-corrected chi connectivity index (χ1v) is 6.29. The fraction of sp³-hybridized carbons (Fsp3) is 0.429. The van der Waals surface area contributed by atoms with Gasteiger partial charge in [-0.15, -0.1) is 0 Å². The zero-order valence-electron chi connectivity index (χ0n) is 10.2. The highest BCUT2D eigenvalue weighted by Crippen LogP contribution is 2.38. The molecule has 1 saturated carbocycles. The highest BCUT2D eigenvalue weighted by Gasteiger charge is 2.51. The number of aliphatic hydroxyl groups excluding tert-OH is 1. The highest BCUT2D eigenvalue weighted by atomic mass is 16.6. The lowest BCUT2D eigenvalue weighted by atomic mass is 10.0. The summed E-state index contributed by atoms with van der Waals surface area (Å²) in [5, 5.41) is 10.1. The Labute approximate surface area is 110 Å². The van der Waals surface area contributed by atoms with Crippen LogP contribution in [-0.4, -0.2) is 35.4 Å². The molecule has 5 heteroatoms. The number of hydrogen-bond donors (Lipinski definition) is 1. The summed E-state index contributed by atoms with van der Waals surface area (Å²) in [6, 6.07) is 8.62. The molecule has 1 aromatic carbocycles. The minimum atomic E-state index is -0.830. The predicted octanol–water partition coefficient (Wildman–Crippen LogP) is 0.908. The summed E-state index contributed by atoms with van der Waals surface area (Å²) < 4.78 is 10.4. The lowest BCUT2D eigenvalue weighted by Crippen LogP contribution is -2.30. The number of carbonyl (C=O) groups excluding carboxylic acids is 2. The number of esters is 2. The molecule has 0 spiro atoms. The van der Waals surface area contributed by atoms with Crippen molar-refractivity contribution in [1.29, 1.82) is 0 Å². The van der Waals surface area contributed by atoms with E-state index >= 15 is 0 Å². The summed E-state index contributed by atoms with van der Waals surface area (Å²) in [6.07, 6.45) is -1.18. The SMILES string of the molecule is O=C1C[C@H]2[C@@H](O)[C@H](OC(=O)c3ccccc3)C[C@H]2O1. The first-order chi connectivity index (χ1) is 9.15. The lowest BCUT2D eigenvalue weighted by Gasteiger charge is -2.17. The van der Waals surface area contributed by atoms with Gasteiger partial charge in [-0.2, -0.15) is 0 Å². The molecule has 4 atom stereocenters. The molecule has 100 valence electrons. The van der Waals surface area contributed by atoms with Gasteiger partial charge >= 0.3 is 11.9 Å². The number of benzene rings is 1. The molecule has 0 amide bonds. The molecule has 0 aromatic heterocycles. The Morgan fingerprint density at radius 1 is 1.32 bits per heavy atom. The van der Waals surface area contributed by atoms with E-state index in [2.05, 4.69) is 0 Å². The summed E-state index contributed by atoms with van der Waals surface area (Å²) in [7, 11) is 0. The predicted molar refractivity (Wildman–Crippen MR) is 64.3 cm³/mol. The molecule has 3 rings (SSSR count). The van der Waals surface area contributed by atoms with Crippen molar-refractivity contribution >= 4 is 11.9 Å². The first kappa shape index (κ1) is 12.2. The average molecular weight is 262 g/mol. The third-order valence-electron chi connectivity index (χ3n) is 3.71. The van der Waals surface area contributed by atoms with Gasteiger partial charge in [0.25, 0.3) is 0 Å². The largest absolute Gasteiger partial charge is 0.462 e. The summed E-state index contributed by atoms with van der Waals surface area (Å²) in [4.78, 5) is 23.0. The topological polar surface area (TPSA) is 72.8 Å². The van der Waals surface area contributed by atoms with Gasteiger partial charge in [0.1, 0.15) is 12.2 Å². The molecule has 2 aliphatic rings. The van der Waals surface area contributed by atoms with E-state index in [1.807, 2.05) is 6.07 Å². The fourth-order valence-corrected chi connectivity index (χ4v) is 2.73. The smallest absolute Gasteiger partial charge is 0.338 e. The van der Waals surface area contributed by atoms with E-state index in [9.17, 15) is 14.7 Å². The summed E-state index contributed by atoms with van der Waals surface area (Å²) in [5.41, 5.74) is 0.448. The Morgan fingerprint density at radius 2 is 2.05 bits per heavy atom. The van der Waals surface area contributed by atoms with E-state index in [0.29, 0.717) is 12.0 Å². The van der Waals surface area contributed by atoms with Gasteiger partial charge in [0.15, 0.2) is 0 Å². The monoisotopic (exact) mass is 262 g/mol. The van der Waals surface area contributed by atoms with Gasteiger partial charge in [-0.1, -0.05) is 18.2 Å². The Kier molecular flexibility index (Phi) is 2.98. The normalized spacial score (nSPS) is 32.8. The van der Waals surface area contributed by atoms with Gasteiger partial charge in [-0.3, -0.25) is 4.79 Å². The molecule has 1 heterocycles. The zero-order chi connectivity index (χ0) is 13.4. The summed E-state index contributed by atoms with van der Waals surface area (Å²) in [5.74, 6) is -1.00. The fourth-order valence-electron chi connectivity index (χ4n) is 2.73. The van der Waals surface area contributed by atoms with Gasteiger partial charge in [0.2, 0.25) is 0 Å². The third kappa shape index (κ3) is 2.21. The van der Waals surface area contributed by atoms with Crippen LogP contribution in [0.1, 0.15) is 23.2 Å². The van der Waals surface area contributed by atoms with Crippen molar-refractivity contribution in [2.75, 3.05) is 0 Å². The van der Waals surface area contributed by atoms with Crippen molar-refractivity contribution < 1.29 is 24.2 Å². The van der Waals surface area contributed by atoms with Crippen LogP contribution in [0.5, 0.6) is 0 Å². The molecular weight excluding hydrogens is 248 g/mol. The number of fused-ring (bicyclic) bond motifs is 1. The van der Waals surface area contributed by atoms with E-state index in [1.54, 1.807) is 24.3 Å². The van der Waals surface area contributed by atoms with Crippen LogP contribution in [0.3, 0.4) is 0 Å². The van der Waals surface area contributed by atoms with Crippen LogP contribution in [0, 0.1) is 5.92 Å². The van der Waals surface area contributed by atoms with E-state index in [0.717, 1.165) is 0 Å². The lowest BCUT2D eigenvalue weighted by molar-refractivity contribution is -0.142. The van der Waals surface area contributed by atoms with Crippen LogP contribution in [0.2, 0.25) is 0 Å². The Morgan fingerprint density at radius 3 is 2.74 bits per heavy atom. The molecule has 1 aliphatic heterocycles. The second kappa shape index (κ2) is 4.66. The van der Waals surface area contributed by atoms with Gasteiger partial charge in [0.05, 0.1) is 18.1 Å². The molecule has 19 heavy (non-hydrogen) atoms. The minimum Gasteiger partial charge on any atom is -0.462 e. The number of aliphatic hydroxyl groups is 1. The molecule has 1 aliphatic carbocycles. The molecule has 1 N–H and O–H groups in total. The summed E-state index contributed by atoms with van der Waals surface area (Å²) >= 11 is 0. The van der Waals surface area contributed by atoms with E-state index in [-0.39, 0.29) is 24.4 Å². The van der Waals surface area contributed by atoms with Crippen LogP contribution >= 0.6 is 0 Å². The van der Waals surface area contributed by atoms with Gasteiger partial charge in [0, 0.05) is 12.3 Å². The van der Waals surface area contributed by atoms with Crippen LogP contribution < -0.4 is 0 Å². The number of ether oxygens (including phenoxy) is 2. The third-order valence-corrected chi connectivity index (χ3v) is 3.71. The van der Waals surface area contributed by atoms with Crippen LogP contribution in [0.15, 0.2) is 30.3 Å². The van der Waals surface area contributed by atoms with E-state index in [4.69, 9.17) is 9.47 Å². The van der Waals surface area contributed by atoms with Crippen molar-refractivity contribution in [3.63, 3.8) is 0 Å². The van der Waals surface area contributed by atoms with Gasteiger partial charge in [-0.05, 0) is 12.1 Å². The maximum atomic E-state index is 11.9. The molecule has 0 unspecified atom stereocenters. The molecule has 1 saturated heterocycles. The van der Waals surface area contributed by atoms with Crippen molar-refractivity contribution in [3.05, 3.63) is 35.9 Å². The van der Waals surface area contributed by atoms with Crippen molar-refractivity contribution in [2.45, 2.75) is 31.2 Å². The maximum absolute atomic E-state index is 11.9. The van der Waals surface area contributed by atoms with Crippen molar-refractivity contribution in [1.82, 2.24) is 0 Å². The minimum absolute atomic E-state index is 0.200. The number of hydrogen-bond acceptors (Lipinski definition) is 5. The Balaban J connectivity index is 1.66. The Hall–Kier alpha value is -1.88. The second-order valence-corrected chi connectivity index (χ2v) is 4.93. The van der Waals surface area contributed by atoms with Crippen LogP contribution in [-0.2, 0) is 14.3 Å². The average Bonchev–Trinajstić information content (AvgIpc) is 2.90. The van der Waals surface area contributed by atoms with E-state index in [1.165, 1.54) is 0 Å². The molecule has 0 radical (unpaired) electrons. The number of rotatable bonds is 2. The molecule has 2 fully saturated rings. The first-order valence-electron chi connectivity index (χ1n) is 6.29. The zero-order valence-corrected chi connectivity index (χ0v) is 10.2. The van der Waals surface area contributed by atoms with Crippen LogP contribution in [0.4, 0.5) is 0 Å². The van der Waals surface area contributed by atoms with Crippen molar-refractivity contribution in [2.24, 2.45) is 5.92 Å².